The molecule has 0 aromatic heterocycles. The molecule has 3 nitrogen and oxygen atoms in total. The molecule has 3 heteroatoms. The Bertz CT molecular complexity index is 904. The van der Waals surface area contributed by atoms with E-state index in [-0.39, 0.29) is 11.2 Å². The van der Waals surface area contributed by atoms with Gasteiger partial charge in [-0.15, -0.1) is 0 Å². The van der Waals surface area contributed by atoms with Crippen LogP contribution < -0.4 is 5.43 Å². The predicted octanol–water partition coefficient (Wildman–Crippen LogP) is 4.43. The van der Waals surface area contributed by atoms with E-state index >= 15 is 0 Å². The molecule has 1 heterocycles. The fraction of sp³-hybridized carbons (Fsp3) is 0.211. The highest BCUT2D eigenvalue weighted by Crippen LogP contribution is 2.42. The zero-order valence-electron chi connectivity index (χ0n) is 12.1. The minimum Gasteiger partial charge on any atom is -0.508 e. The van der Waals surface area contributed by atoms with Crippen molar-refractivity contribution in [1.82, 2.24) is 0 Å². The third-order valence-corrected chi connectivity index (χ3v) is 4.40. The number of hydrogen-bond acceptors (Lipinski definition) is 3. The molecule has 110 valence electrons. The molecule has 0 saturated heterocycles. The Hall–Kier alpha value is -2.55. The van der Waals surface area contributed by atoms with Gasteiger partial charge in [0.15, 0.2) is 5.43 Å². The standard InChI is InChI=1S/C19H16O3/c20-13-6-8-15-17(10-13)22-18-11-14(21)7-9-16(18)19(15)12-4-2-1-3-5-12/h1-2,6-12,20H,3-5H2. The minimum absolute atomic E-state index is 0.0646. The van der Waals surface area contributed by atoms with Gasteiger partial charge in [-0.1, -0.05) is 12.2 Å². The van der Waals surface area contributed by atoms with Crippen molar-refractivity contribution in [2.75, 3.05) is 0 Å². The van der Waals surface area contributed by atoms with Crippen molar-refractivity contribution in [3.8, 4) is 17.1 Å². The average Bonchev–Trinajstić information content (AvgIpc) is 2.53. The van der Waals surface area contributed by atoms with Crippen LogP contribution in [-0.4, -0.2) is 5.11 Å². The number of fused-ring (bicyclic) bond motifs is 2. The van der Waals surface area contributed by atoms with E-state index in [1.165, 1.54) is 11.6 Å². The monoisotopic (exact) mass is 292 g/mol. The Labute approximate surface area is 127 Å². The summed E-state index contributed by atoms with van der Waals surface area (Å²) in [5, 5.41) is 10.7. The van der Waals surface area contributed by atoms with Gasteiger partial charge in [0.05, 0.1) is 0 Å². The highest BCUT2D eigenvalue weighted by Gasteiger charge is 2.23. The summed E-state index contributed by atoms with van der Waals surface area (Å²) in [7, 11) is 0. The van der Waals surface area contributed by atoms with Crippen LogP contribution >= 0.6 is 0 Å². The molecule has 0 radical (unpaired) electrons. The first-order chi connectivity index (χ1) is 10.7. The first-order valence-electron chi connectivity index (χ1n) is 7.57. The smallest absolute Gasteiger partial charge is 0.182 e. The maximum absolute atomic E-state index is 11.7. The first-order valence-corrected chi connectivity index (χ1v) is 7.57. The molecule has 0 bridgehead atoms. The second-order valence-electron chi connectivity index (χ2n) is 5.84. The van der Waals surface area contributed by atoms with E-state index in [9.17, 15) is 9.90 Å². The van der Waals surface area contributed by atoms with Gasteiger partial charge in [-0.05, 0) is 55.0 Å². The quantitative estimate of drug-likeness (QED) is 0.533. The Kier molecular flexibility index (Phi) is 3.00. The van der Waals surface area contributed by atoms with Crippen LogP contribution in [0.3, 0.4) is 0 Å². The lowest BCUT2D eigenvalue weighted by Gasteiger charge is -2.23. The normalized spacial score (nSPS) is 18.1. The summed E-state index contributed by atoms with van der Waals surface area (Å²) < 4.78 is 5.86. The van der Waals surface area contributed by atoms with Crippen molar-refractivity contribution in [3.63, 3.8) is 0 Å². The maximum atomic E-state index is 11.7. The van der Waals surface area contributed by atoms with Gasteiger partial charge in [0, 0.05) is 23.1 Å². The Morgan fingerprint density at radius 2 is 2.00 bits per heavy atom. The van der Waals surface area contributed by atoms with Crippen molar-refractivity contribution in [2.24, 2.45) is 0 Å². The van der Waals surface area contributed by atoms with Crippen molar-refractivity contribution in [3.05, 3.63) is 64.3 Å². The molecule has 1 aromatic carbocycles. The van der Waals surface area contributed by atoms with Crippen molar-refractivity contribution in [2.45, 2.75) is 25.2 Å². The topological polar surface area (TPSA) is 50.4 Å². The van der Waals surface area contributed by atoms with Crippen LogP contribution in [0.4, 0.5) is 0 Å². The molecule has 3 aliphatic rings. The van der Waals surface area contributed by atoms with Crippen LogP contribution in [0.5, 0.6) is 5.75 Å². The summed E-state index contributed by atoms with van der Waals surface area (Å²) >= 11 is 0. The van der Waals surface area contributed by atoms with E-state index in [0.29, 0.717) is 17.3 Å². The number of phenols is 1. The van der Waals surface area contributed by atoms with Gasteiger partial charge in [-0.3, -0.25) is 4.79 Å². The van der Waals surface area contributed by atoms with Gasteiger partial charge in [0.25, 0.3) is 0 Å². The van der Waals surface area contributed by atoms with E-state index < -0.39 is 0 Å². The number of aromatic hydroxyl groups is 1. The van der Waals surface area contributed by atoms with Crippen LogP contribution in [-0.2, 0) is 0 Å². The molecule has 1 aliphatic heterocycles. The lowest BCUT2D eigenvalue weighted by atomic mass is 9.82. The Morgan fingerprint density at radius 1 is 1.09 bits per heavy atom. The fourth-order valence-electron chi connectivity index (χ4n) is 3.39. The number of hydrogen-bond donors (Lipinski definition) is 1. The fourth-order valence-corrected chi connectivity index (χ4v) is 3.39. The van der Waals surface area contributed by atoms with E-state index in [0.717, 1.165) is 30.2 Å². The van der Waals surface area contributed by atoms with E-state index in [1.54, 1.807) is 18.2 Å². The van der Waals surface area contributed by atoms with Crippen molar-refractivity contribution < 1.29 is 9.52 Å². The van der Waals surface area contributed by atoms with E-state index in [2.05, 4.69) is 12.2 Å². The summed E-state index contributed by atoms with van der Waals surface area (Å²) in [6.07, 6.45) is 7.59. The molecule has 1 aromatic rings. The Balaban J connectivity index is 2.08. The molecule has 0 amide bonds. The molecule has 4 rings (SSSR count). The van der Waals surface area contributed by atoms with Crippen LogP contribution in [0.15, 0.2) is 57.8 Å². The van der Waals surface area contributed by atoms with Gasteiger partial charge in [-0.2, -0.15) is 0 Å². The van der Waals surface area contributed by atoms with Crippen LogP contribution in [0, 0.1) is 0 Å². The second-order valence-corrected chi connectivity index (χ2v) is 5.84. The summed E-state index contributed by atoms with van der Waals surface area (Å²) in [6.45, 7) is 0. The molecule has 0 fully saturated rings. The minimum atomic E-state index is -0.0646. The molecule has 1 unspecified atom stereocenters. The number of benzene rings is 2. The third-order valence-electron chi connectivity index (χ3n) is 4.40. The van der Waals surface area contributed by atoms with Gasteiger partial charge < -0.3 is 9.52 Å². The zero-order chi connectivity index (χ0) is 15.1. The average molecular weight is 292 g/mol. The van der Waals surface area contributed by atoms with Crippen LogP contribution in [0.2, 0.25) is 0 Å². The highest BCUT2D eigenvalue weighted by atomic mass is 16.3. The number of phenolic OH excluding ortho intramolecular Hbond substituents is 1. The van der Waals surface area contributed by atoms with Gasteiger partial charge in [0.2, 0.25) is 0 Å². The lowest BCUT2D eigenvalue weighted by Crippen LogP contribution is -2.07. The summed E-state index contributed by atoms with van der Waals surface area (Å²) in [6, 6.07) is 10.2. The molecule has 0 saturated carbocycles. The zero-order valence-corrected chi connectivity index (χ0v) is 12.1. The molecule has 22 heavy (non-hydrogen) atoms. The first kappa shape index (κ1) is 13.1. The van der Waals surface area contributed by atoms with Gasteiger partial charge >= 0.3 is 0 Å². The van der Waals surface area contributed by atoms with Crippen molar-refractivity contribution >= 4 is 11.0 Å². The summed E-state index contributed by atoms with van der Waals surface area (Å²) in [5.41, 5.74) is 2.78. The number of allylic oxidation sites excluding steroid dienone is 2. The maximum Gasteiger partial charge on any atom is 0.182 e. The largest absolute Gasteiger partial charge is 0.508 e. The Morgan fingerprint density at radius 3 is 2.82 bits per heavy atom. The summed E-state index contributed by atoms with van der Waals surface area (Å²) in [4.78, 5) is 11.7. The van der Waals surface area contributed by atoms with E-state index in [4.69, 9.17) is 4.42 Å². The molecular weight excluding hydrogens is 276 g/mol. The van der Waals surface area contributed by atoms with Gasteiger partial charge in [0.1, 0.15) is 17.1 Å². The second kappa shape index (κ2) is 5.02. The summed E-state index contributed by atoms with van der Waals surface area (Å²) in [5.74, 6) is 1.17. The lowest BCUT2D eigenvalue weighted by molar-refractivity contribution is 0.474. The van der Waals surface area contributed by atoms with Crippen LogP contribution in [0.1, 0.15) is 30.7 Å². The van der Waals surface area contributed by atoms with E-state index in [1.807, 2.05) is 12.1 Å². The molecular formula is C19H16O3. The van der Waals surface area contributed by atoms with Crippen LogP contribution in [0.25, 0.3) is 22.3 Å². The molecule has 0 spiro atoms. The third kappa shape index (κ3) is 2.10. The van der Waals surface area contributed by atoms with Crippen molar-refractivity contribution in [1.29, 1.82) is 0 Å². The predicted molar refractivity (Wildman–Crippen MR) is 86.5 cm³/mol. The highest BCUT2D eigenvalue weighted by molar-refractivity contribution is 5.89. The molecule has 1 atom stereocenters. The SMILES string of the molecule is O=c1ccc2c(C3CC=CCC3)c3ccc(O)cc3oc-2c1. The van der Waals surface area contributed by atoms with Gasteiger partial charge in [-0.25, -0.2) is 0 Å². The number of rotatable bonds is 1. The molecule has 1 N–H and O–H groups in total. The molecule has 2 aliphatic carbocycles.